The van der Waals surface area contributed by atoms with E-state index < -0.39 is 0 Å². The van der Waals surface area contributed by atoms with Gasteiger partial charge in [0.2, 0.25) is 17.3 Å². The number of urea groups is 3. The molecule has 6 amide bonds. The van der Waals surface area contributed by atoms with Crippen molar-refractivity contribution >= 4 is 151 Å². The van der Waals surface area contributed by atoms with Gasteiger partial charge < -0.3 is 88.8 Å². The Kier molecular flexibility index (Phi) is 36.7. The topological polar surface area (TPSA) is 197 Å². The van der Waals surface area contributed by atoms with Gasteiger partial charge in [0, 0.05) is 138 Å². The summed E-state index contributed by atoms with van der Waals surface area (Å²) < 4.78 is 14.1. The molecule has 9 aromatic heterocycles. The third-order valence-electron chi connectivity index (χ3n) is 20.8. The molecular formula is C85H109ClIN13Na2O6S3. The van der Waals surface area contributed by atoms with E-state index in [1.165, 1.54) is 82.0 Å². The number of carbonyl (C=O) groups is 6. The number of aryl methyl sites for hydroxylation is 4. The first-order chi connectivity index (χ1) is 52.5. The van der Waals surface area contributed by atoms with Crippen LogP contribution in [0.4, 0.5) is 14.4 Å². The van der Waals surface area contributed by atoms with Crippen LogP contribution in [0, 0.1) is 20.8 Å². The van der Waals surface area contributed by atoms with Crippen molar-refractivity contribution in [3.05, 3.63) is 188 Å². The third kappa shape index (κ3) is 21.2. The first-order valence-corrected chi connectivity index (χ1v) is 41.8. The van der Waals surface area contributed by atoms with Crippen LogP contribution in [0.5, 0.6) is 0 Å². The predicted octanol–water partition coefficient (Wildman–Crippen LogP) is 10.5. The number of fused-ring (bicyclic) bond motifs is 6. The number of unbranched alkanes of at least 4 members (excludes halogenated alkanes) is 4. The smallest absolute Gasteiger partial charge is 1.00 e. The summed E-state index contributed by atoms with van der Waals surface area (Å²) in [6.45, 7) is 39.8. The number of benzene rings is 3. The minimum atomic E-state index is -0.171. The molecule has 3 fully saturated rings. The zero-order valence-electron chi connectivity index (χ0n) is 68.0. The number of para-hydroxylation sites is 3. The molecule has 0 unspecified atom stereocenters. The molecule has 0 atom stereocenters. The van der Waals surface area contributed by atoms with Crippen LogP contribution in [0.1, 0.15) is 166 Å². The summed E-state index contributed by atoms with van der Waals surface area (Å²) in [6.07, 6.45) is 12.8. The molecular weight excluding hydrogens is 1600 g/mol. The van der Waals surface area contributed by atoms with Gasteiger partial charge in [0.05, 0.1) is 65.5 Å². The van der Waals surface area contributed by atoms with Gasteiger partial charge in [0.15, 0.2) is 6.03 Å². The second kappa shape index (κ2) is 44.4. The maximum absolute atomic E-state index is 13.8. The predicted molar refractivity (Wildman–Crippen MR) is 452 cm³/mol. The van der Waals surface area contributed by atoms with E-state index in [1.807, 2.05) is 109 Å². The normalized spacial score (nSPS) is 12.9. The molecule has 15 rings (SSSR count). The summed E-state index contributed by atoms with van der Waals surface area (Å²) in [7, 11) is 0. The summed E-state index contributed by atoms with van der Waals surface area (Å²) in [5.74, 6) is 0.752. The Bertz CT molecular complexity index is 5040. The number of rotatable bonds is 27. The Morgan fingerprint density at radius 1 is 0.505 bits per heavy atom. The Labute approximate surface area is 733 Å². The fourth-order valence-corrected chi connectivity index (χ4v) is 18.3. The number of hydrogen-bond donors (Lipinski definition) is 4. The van der Waals surface area contributed by atoms with Gasteiger partial charge in [-0.1, -0.05) is 121 Å². The van der Waals surface area contributed by atoms with Crippen molar-refractivity contribution in [2.24, 2.45) is 0 Å². The van der Waals surface area contributed by atoms with Gasteiger partial charge in [0.25, 0.3) is 0 Å². The molecule has 0 radical (unpaired) electrons. The molecule has 111 heavy (non-hydrogen) atoms. The molecule has 3 saturated heterocycles. The van der Waals surface area contributed by atoms with E-state index >= 15 is 0 Å². The Morgan fingerprint density at radius 3 is 1.22 bits per heavy atom. The van der Waals surface area contributed by atoms with Gasteiger partial charge in [0.1, 0.15) is 14.5 Å². The van der Waals surface area contributed by atoms with E-state index in [1.54, 1.807) is 40.2 Å². The van der Waals surface area contributed by atoms with Crippen molar-refractivity contribution in [3.8, 4) is 0 Å². The average Bonchev–Trinajstić information content (AvgIpc) is 1.61. The Hall–Kier alpha value is -6.46. The van der Waals surface area contributed by atoms with Crippen LogP contribution in [0.3, 0.4) is 0 Å². The molecule has 26 heteroatoms. The van der Waals surface area contributed by atoms with Crippen molar-refractivity contribution < 1.29 is 118 Å². The van der Waals surface area contributed by atoms with Crippen molar-refractivity contribution in [2.75, 3.05) is 77.9 Å². The zero-order valence-corrected chi connectivity index (χ0v) is 76.4. The number of aromatic nitrogens is 6. The first kappa shape index (κ1) is 91.7. The van der Waals surface area contributed by atoms with Crippen molar-refractivity contribution in [2.45, 2.75) is 153 Å². The fourth-order valence-electron chi connectivity index (χ4n) is 15.2. The Balaban J connectivity index is 0.000000221. The van der Waals surface area contributed by atoms with Crippen LogP contribution in [0.2, 0.25) is 0 Å². The second-order valence-corrected chi connectivity index (χ2v) is 30.6. The molecule has 4 N–H and O–H groups in total. The molecule has 12 aromatic rings. The van der Waals surface area contributed by atoms with Gasteiger partial charge in [-0.2, -0.15) is 0 Å². The largest absolute Gasteiger partial charge is 1.00 e. The van der Waals surface area contributed by atoms with Gasteiger partial charge in [-0.15, -0.1) is 45.6 Å². The van der Waals surface area contributed by atoms with Crippen LogP contribution in [-0.2, 0) is 32.7 Å². The number of halogens is 2. The summed E-state index contributed by atoms with van der Waals surface area (Å²) >= 11 is 11.0. The molecule has 3 aliphatic rings. The van der Waals surface area contributed by atoms with Crippen LogP contribution in [-0.4, -0.2) is 150 Å². The summed E-state index contributed by atoms with van der Waals surface area (Å²) in [5.41, 5.74) is 10.6. The molecule has 0 spiro atoms. The first-order valence-electron chi connectivity index (χ1n) is 38.6. The van der Waals surface area contributed by atoms with E-state index in [-0.39, 0.29) is 120 Å². The van der Waals surface area contributed by atoms with Crippen molar-refractivity contribution in [1.29, 1.82) is 0 Å². The number of nitrogens with zero attached hydrogens (tertiary/aromatic N) is 9. The number of amides is 6. The molecule has 0 bridgehead atoms. The van der Waals surface area contributed by atoms with E-state index in [2.05, 4.69) is 151 Å². The standard InChI is InChI=1S/C23H24N4O2S.C20H19ClN2OS.C20H18N2OS.C16H36N.2C3H6N2O.HI.2Na.H/c1-3-26-19(14-16-8-13-30-22(16)26)21(28)20-15(2)27(18-7-5-4-6-17(18)20)12-11-25-10-9-24-23(25)29;1-3-22-17(12-14-8-11-25-20(14)22)19(24)18-13(2)23(10-9-21)16-7-5-4-6-15(16)18;1-4-21-13(3)18(15-8-6-7-9-16(15)21)19(23)17-12-14-10-11-24-20(14)22(17)5-2;1-5-9-13-17(14-10-6-2,15-11-7-3)16-12-8-4;2*6-3-4-1-2-5-3;;;;/h4-8,13-14H,3,9-12H2,1-2H3,(H,24,29);4-8,11-12H,3,9-10H2,1-2H3;4,6-12H,1,5H2,2-3H3;5-16H2,1-4H3;2*1-2H2,(H2,4,5,6);1H;;;/q;;;+1;;;;2*+1;-1/p-2. The van der Waals surface area contributed by atoms with E-state index in [4.69, 9.17) is 11.6 Å². The summed E-state index contributed by atoms with van der Waals surface area (Å²) in [5, 5.41) is 26.5. The number of thiophene rings is 3. The molecule has 0 aliphatic carbocycles. The van der Waals surface area contributed by atoms with Gasteiger partial charge in [-0.25, -0.2) is 9.59 Å². The Morgan fingerprint density at radius 2 is 0.892 bits per heavy atom. The number of carbonyl (C=O) groups excluding carboxylic acids is 6. The van der Waals surface area contributed by atoms with Gasteiger partial charge in [-0.05, 0) is 145 Å². The van der Waals surface area contributed by atoms with E-state index in [0.29, 0.717) is 38.6 Å². The molecule has 3 aliphatic heterocycles. The quantitative estimate of drug-likeness (QED) is 0.0130. The molecule has 19 nitrogen and oxygen atoms in total. The molecule has 3 aromatic carbocycles. The van der Waals surface area contributed by atoms with Crippen LogP contribution in [0.15, 0.2) is 132 Å². The summed E-state index contributed by atoms with van der Waals surface area (Å²) in [4.78, 5) is 77.8. The maximum atomic E-state index is 13.8. The van der Waals surface area contributed by atoms with Crippen LogP contribution >= 0.6 is 45.6 Å². The number of ketones is 3. The monoisotopic (exact) mass is 1710 g/mol. The SMILES string of the molecule is C=Cn1c(C)c(C(=O)c2cc3ccsc3n2CC)c2ccccc21.CCCC[N+](CCCC)(CCCC)CCCC.CCn1c(C(=O)c2c(C)n(CCCl)c3ccccc23)cc2ccsc21.CCn1c(C(=O)c2c(C)n(CCN3CCNC3=O)c3ccccc23)cc2ccsc21.O=C1NCCN1.O=C1[N-]CCN1.[H-].[I-].[Na+].[Na+]. The minimum Gasteiger partial charge on any atom is -1.00 e. The number of alkyl halides is 1. The second-order valence-electron chi connectivity index (χ2n) is 27.5. The number of hydrogen-bond acceptors (Lipinski definition) is 9. The number of nitrogens with one attached hydrogen (secondary N) is 4. The molecule has 0 saturated carbocycles. The van der Waals surface area contributed by atoms with Crippen LogP contribution < -0.4 is 104 Å². The molecule has 12 heterocycles. The zero-order chi connectivity index (χ0) is 77.0. The van der Waals surface area contributed by atoms with Crippen LogP contribution in [0.25, 0.3) is 74.9 Å². The third-order valence-corrected chi connectivity index (χ3v) is 23.8. The summed E-state index contributed by atoms with van der Waals surface area (Å²) in [6, 6.07) is 36.2. The maximum Gasteiger partial charge on any atom is 1.00 e. The van der Waals surface area contributed by atoms with E-state index in [9.17, 15) is 28.8 Å². The van der Waals surface area contributed by atoms with E-state index in [0.717, 1.165) is 160 Å². The van der Waals surface area contributed by atoms with Crippen molar-refractivity contribution in [1.82, 2.24) is 53.6 Å². The number of quaternary nitrogens is 1. The molecule has 584 valence electrons. The minimum absolute atomic E-state index is 0. The van der Waals surface area contributed by atoms with Gasteiger partial charge in [-0.3, -0.25) is 19.2 Å². The fraction of sp³-hybridized carbons (Fsp3) is 0.412. The van der Waals surface area contributed by atoms with Crippen molar-refractivity contribution in [3.63, 3.8) is 0 Å². The van der Waals surface area contributed by atoms with Gasteiger partial charge >= 0.3 is 71.2 Å². The average molecular weight is 1710 g/mol.